The SMILES string of the molecule is C[Si](C)(C)C/N=C(\NCCO)Nc1ccccc1. The van der Waals surface area contributed by atoms with E-state index in [1.807, 2.05) is 30.3 Å². The Balaban J connectivity index is 2.66. The van der Waals surface area contributed by atoms with Gasteiger partial charge >= 0.3 is 0 Å². The first-order valence-corrected chi connectivity index (χ1v) is 9.93. The average molecular weight is 265 g/mol. The molecular weight excluding hydrogens is 242 g/mol. The van der Waals surface area contributed by atoms with Gasteiger partial charge in [0.1, 0.15) is 0 Å². The van der Waals surface area contributed by atoms with Crippen LogP contribution < -0.4 is 10.6 Å². The fourth-order valence-corrected chi connectivity index (χ4v) is 1.92. The molecule has 1 aromatic carbocycles. The summed E-state index contributed by atoms with van der Waals surface area (Å²) in [6, 6.07) is 9.91. The van der Waals surface area contributed by atoms with Crippen LogP contribution in [0.15, 0.2) is 35.3 Å². The Kier molecular flexibility index (Phi) is 5.87. The van der Waals surface area contributed by atoms with Crippen molar-refractivity contribution in [2.45, 2.75) is 19.6 Å². The minimum Gasteiger partial charge on any atom is -0.395 e. The summed E-state index contributed by atoms with van der Waals surface area (Å²) in [5.74, 6) is 0.734. The van der Waals surface area contributed by atoms with E-state index in [2.05, 4.69) is 35.3 Å². The molecule has 4 nitrogen and oxygen atoms in total. The van der Waals surface area contributed by atoms with Crippen molar-refractivity contribution in [1.82, 2.24) is 5.32 Å². The highest BCUT2D eigenvalue weighted by Crippen LogP contribution is 2.05. The maximum atomic E-state index is 8.87. The molecule has 5 heteroatoms. The molecule has 0 aliphatic carbocycles. The molecule has 100 valence electrons. The maximum absolute atomic E-state index is 8.87. The lowest BCUT2D eigenvalue weighted by Gasteiger charge is -2.16. The second-order valence-corrected chi connectivity index (χ2v) is 10.8. The van der Waals surface area contributed by atoms with Crippen molar-refractivity contribution >= 4 is 19.7 Å². The number of hydrogen-bond donors (Lipinski definition) is 3. The van der Waals surface area contributed by atoms with Gasteiger partial charge in [-0.3, -0.25) is 4.99 Å². The van der Waals surface area contributed by atoms with Crippen molar-refractivity contribution in [2.24, 2.45) is 4.99 Å². The second kappa shape index (κ2) is 7.18. The Hall–Kier alpha value is -1.33. The van der Waals surface area contributed by atoms with Crippen LogP contribution in [0, 0.1) is 0 Å². The van der Waals surface area contributed by atoms with Gasteiger partial charge in [0.25, 0.3) is 0 Å². The summed E-state index contributed by atoms with van der Waals surface area (Å²) in [5.41, 5.74) is 0.997. The number of para-hydroxylation sites is 1. The summed E-state index contributed by atoms with van der Waals surface area (Å²) < 4.78 is 0. The Morgan fingerprint density at radius 1 is 1.22 bits per heavy atom. The van der Waals surface area contributed by atoms with E-state index in [1.165, 1.54) is 0 Å². The monoisotopic (exact) mass is 265 g/mol. The van der Waals surface area contributed by atoms with Crippen molar-refractivity contribution in [3.05, 3.63) is 30.3 Å². The number of aliphatic hydroxyl groups is 1. The molecule has 0 amide bonds. The average Bonchev–Trinajstić information content (AvgIpc) is 2.33. The largest absolute Gasteiger partial charge is 0.395 e. The molecule has 0 aromatic heterocycles. The predicted molar refractivity (Wildman–Crippen MR) is 80.8 cm³/mol. The van der Waals surface area contributed by atoms with Gasteiger partial charge in [-0.05, 0) is 12.1 Å². The smallest absolute Gasteiger partial charge is 0.195 e. The van der Waals surface area contributed by atoms with Gasteiger partial charge < -0.3 is 15.7 Å². The molecule has 0 saturated heterocycles. The molecule has 0 unspecified atom stereocenters. The zero-order valence-electron chi connectivity index (χ0n) is 11.4. The summed E-state index contributed by atoms with van der Waals surface area (Å²) >= 11 is 0. The van der Waals surface area contributed by atoms with Crippen molar-refractivity contribution in [1.29, 1.82) is 0 Å². The fourth-order valence-electron chi connectivity index (χ4n) is 1.29. The molecule has 0 spiro atoms. The first-order valence-electron chi connectivity index (χ1n) is 6.22. The molecule has 0 radical (unpaired) electrons. The van der Waals surface area contributed by atoms with Crippen LogP contribution >= 0.6 is 0 Å². The predicted octanol–water partition coefficient (Wildman–Crippen LogP) is 1.91. The third-order valence-corrected chi connectivity index (χ3v) is 3.26. The van der Waals surface area contributed by atoms with Crippen LogP contribution in [0.3, 0.4) is 0 Å². The van der Waals surface area contributed by atoms with Crippen LogP contribution in [-0.4, -0.2) is 38.5 Å². The number of nitrogens with zero attached hydrogens (tertiary/aromatic N) is 1. The lowest BCUT2D eigenvalue weighted by molar-refractivity contribution is 0.300. The van der Waals surface area contributed by atoms with Gasteiger partial charge in [0, 0.05) is 18.4 Å². The van der Waals surface area contributed by atoms with Gasteiger partial charge in [-0.15, -0.1) is 0 Å². The number of anilines is 1. The second-order valence-electron chi connectivity index (χ2n) is 5.37. The Labute approximate surface area is 110 Å². The molecule has 0 aliphatic heterocycles. The van der Waals surface area contributed by atoms with Crippen molar-refractivity contribution in [3.8, 4) is 0 Å². The van der Waals surface area contributed by atoms with Crippen molar-refractivity contribution in [2.75, 3.05) is 24.6 Å². The standard InChI is InChI=1S/C13H23N3OSi/c1-18(2,3)11-15-13(14-9-10-17)16-12-7-5-4-6-8-12/h4-8,17H,9-11H2,1-3H3,(H2,14,15,16). The lowest BCUT2D eigenvalue weighted by atomic mass is 10.3. The highest BCUT2D eigenvalue weighted by atomic mass is 28.3. The molecule has 0 bridgehead atoms. The number of rotatable bonds is 5. The normalized spacial score (nSPS) is 12.3. The van der Waals surface area contributed by atoms with E-state index in [0.717, 1.165) is 17.8 Å². The Morgan fingerprint density at radius 2 is 1.89 bits per heavy atom. The summed E-state index contributed by atoms with van der Waals surface area (Å²) in [7, 11) is -1.21. The Bertz CT molecular complexity index is 374. The molecule has 18 heavy (non-hydrogen) atoms. The lowest BCUT2D eigenvalue weighted by Crippen LogP contribution is -2.35. The van der Waals surface area contributed by atoms with E-state index in [0.29, 0.717) is 6.54 Å². The molecule has 0 aliphatic rings. The quantitative estimate of drug-likeness (QED) is 0.433. The van der Waals surface area contributed by atoms with Gasteiger partial charge in [-0.1, -0.05) is 37.8 Å². The number of nitrogens with one attached hydrogen (secondary N) is 2. The minimum absolute atomic E-state index is 0.0996. The number of benzene rings is 1. The Morgan fingerprint density at radius 3 is 2.44 bits per heavy atom. The first-order chi connectivity index (χ1) is 8.51. The van der Waals surface area contributed by atoms with Crippen molar-refractivity contribution < 1.29 is 5.11 Å². The maximum Gasteiger partial charge on any atom is 0.195 e. The summed E-state index contributed by atoms with van der Waals surface area (Å²) in [6.07, 6.45) is 0.862. The molecule has 0 fully saturated rings. The molecular formula is C13H23N3OSi. The third kappa shape index (κ3) is 6.41. The van der Waals surface area contributed by atoms with Crippen LogP contribution in [0.4, 0.5) is 5.69 Å². The van der Waals surface area contributed by atoms with Crippen LogP contribution in [-0.2, 0) is 0 Å². The molecule has 0 atom stereocenters. The van der Waals surface area contributed by atoms with Gasteiger partial charge in [0.05, 0.1) is 14.7 Å². The van der Waals surface area contributed by atoms with Crippen LogP contribution in [0.5, 0.6) is 0 Å². The van der Waals surface area contributed by atoms with E-state index < -0.39 is 8.07 Å². The van der Waals surface area contributed by atoms with E-state index in [-0.39, 0.29) is 6.61 Å². The number of guanidine groups is 1. The zero-order chi connectivity index (χ0) is 13.4. The molecule has 1 rings (SSSR count). The van der Waals surface area contributed by atoms with Crippen LogP contribution in [0.25, 0.3) is 0 Å². The summed E-state index contributed by atoms with van der Waals surface area (Å²) in [6.45, 7) is 7.45. The molecule has 3 N–H and O–H groups in total. The highest BCUT2D eigenvalue weighted by molar-refractivity contribution is 6.76. The van der Waals surface area contributed by atoms with E-state index in [1.54, 1.807) is 0 Å². The van der Waals surface area contributed by atoms with Gasteiger partial charge in [-0.2, -0.15) is 0 Å². The molecule has 0 heterocycles. The molecule has 1 aromatic rings. The van der Waals surface area contributed by atoms with Crippen molar-refractivity contribution in [3.63, 3.8) is 0 Å². The van der Waals surface area contributed by atoms with E-state index in [4.69, 9.17) is 5.11 Å². The van der Waals surface area contributed by atoms with Gasteiger partial charge in [-0.25, -0.2) is 0 Å². The summed E-state index contributed by atoms with van der Waals surface area (Å²) in [5, 5.41) is 15.2. The van der Waals surface area contributed by atoms with Gasteiger partial charge in [0.15, 0.2) is 5.96 Å². The van der Waals surface area contributed by atoms with E-state index >= 15 is 0 Å². The van der Waals surface area contributed by atoms with Crippen LogP contribution in [0.1, 0.15) is 0 Å². The minimum atomic E-state index is -1.21. The number of hydrogen-bond acceptors (Lipinski definition) is 2. The highest BCUT2D eigenvalue weighted by Gasteiger charge is 2.12. The van der Waals surface area contributed by atoms with E-state index in [9.17, 15) is 0 Å². The topological polar surface area (TPSA) is 56.7 Å². The summed E-state index contributed by atoms with van der Waals surface area (Å²) in [4.78, 5) is 4.57. The number of aliphatic hydroxyl groups excluding tert-OH is 1. The third-order valence-electron chi connectivity index (χ3n) is 2.15. The zero-order valence-corrected chi connectivity index (χ0v) is 12.4. The van der Waals surface area contributed by atoms with Gasteiger partial charge in [0.2, 0.25) is 0 Å². The fraction of sp³-hybridized carbons (Fsp3) is 0.462. The number of aliphatic imine (C=N–C) groups is 1. The molecule has 0 saturated carbocycles. The first kappa shape index (κ1) is 14.7. The van der Waals surface area contributed by atoms with Crippen LogP contribution in [0.2, 0.25) is 19.6 Å².